The molecular formula is C17H25N3O2. The van der Waals surface area contributed by atoms with E-state index in [1.807, 2.05) is 13.8 Å². The molecule has 0 atom stereocenters. The first kappa shape index (κ1) is 16.5. The molecule has 5 nitrogen and oxygen atoms in total. The van der Waals surface area contributed by atoms with Gasteiger partial charge in [-0.05, 0) is 39.2 Å². The molecule has 1 aromatic carbocycles. The summed E-state index contributed by atoms with van der Waals surface area (Å²) in [5.74, 6) is -0.253. The van der Waals surface area contributed by atoms with Crippen molar-refractivity contribution in [2.24, 2.45) is 0 Å². The number of hydrogen-bond acceptors (Lipinski definition) is 3. The second-order valence-electron chi connectivity index (χ2n) is 6.30. The van der Waals surface area contributed by atoms with Crippen molar-refractivity contribution in [2.75, 3.05) is 6.54 Å². The number of hydrogen-bond donors (Lipinski definition) is 2. The van der Waals surface area contributed by atoms with Crippen LogP contribution >= 0.6 is 0 Å². The first-order valence-corrected chi connectivity index (χ1v) is 7.84. The van der Waals surface area contributed by atoms with Gasteiger partial charge in [-0.15, -0.1) is 0 Å². The quantitative estimate of drug-likeness (QED) is 0.847. The smallest absolute Gasteiger partial charge is 0.321 e. The topological polar surface area (TPSA) is 61.4 Å². The average Bonchev–Trinajstić information content (AvgIpc) is 3.23. The Labute approximate surface area is 132 Å². The molecule has 2 rings (SSSR count). The number of imide groups is 1. The van der Waals surface area contributed by atoms with Crippen molar-refractivity contribution in [3.63, 3.8) is 0 Å². The zero-order valence-corrected chi connectivity index (χ0v) is 13.6. The van der Waals surface area contributed by atoms with Crippen LogP contribution in [0.4, 0.5) is 4.79 Å². The summed E-state index contributed by atoms with van der Waals surface area (Å²) in [7, 11) is 0. The van der Waals surface area contributed by atoms with Crippen LogP contribution in [0.25, 0.3) is 0 Å². The van der Waals surface area contributed by atoms with Crippen LogP contribution < -0.4 is 10.6 Å². The normalized spacial score (nSPS) is 14.2. The SMILES string of the molecule is Cc1ccc(CN(CC(=O)NC(=O)NC(C)C)C2CC2)cc1. The lowest BCUT2D eigenvalue weighted by Crippen LogP contribution is -2.46. The summed E-state index contributed by atoms with van der Waals surface area (Å²) in [6, 6.07) is 8.39. The number of benzene rings is 1. The third-order valence-electron chi connectivity index (χ3n) is 3.59. The number of rotatable bonds is 6. The fourth-order valence-corrected chi connectivity index (χ4v) is 2.33. The molecule has 0 saturated heterocycles. The molecule has 22 heavy (non-hydrogen) atoms. The fraction of sp³-hybridized carbons (Fsp3) is 0.529. The first-order valence-electron chi connectivity index (χ1n) is 7.84. The molecule has 0 spiro atoms. The van der Waals surface area contributed by atoms with Gasteiger partial charge in [-0.3, -0.25) is 15.0 Å². The maximum atomic E-state index is 12.0. The van der Waals surface area contributed by atoms with E-state index in [1.54, 1.807) is 0 Å². The number of urea groups is 1. The highest BCUT2D eigenvalue weighted by Crippen LogP contribution is 2.28. The van der Waals surface area contributed by atoms with E-state index >= 15 is 0 Å². The fourth-order valence-electron chi connectivity index (χ4n) is 2.33. The van der Waals surface area contributed by atoms with Crippen LogP contribution in [-0.4, -0.2) is 35.5 Å². The molecule has 1 aromatic rings. The highest BCUT2D eigenvalue weighted by atomic mass is 16.2. The standard InChI is InChI=1S/C17H25N3O2/c1-12(2)18-17(22)19-16(21)11-20(15-8-9-15)10-14-6-4-13(3)5-7-14/h4-7,12,15H,8-11H2,1-3H3,(H2,18,19,21,22). The summed E-state index contributed by atoms with van der Waals surface area (Å²) >= 11 is 0. The molecule has 5 heteroatoms. The van der Waals surface area contributed by atoms with Gasteiger partial charge in [-0.1, -0.05) is 29.8 Å². The third kappa shape index (κ3) is 5.48. The maximum Gasteiger partial charge on any atom is 0.321 e. The number of aryl methyl sites for hydroxylation is 1. The number of nitrogens with one attached hydrogen (secondary N) is 2. The highest BCUT2D eigenvalue weighted by Gasteiger charge is 2.30. The van der Waals surface area contributed by atoms with Gasteiger partial charge in [-0.2, -0.15) is 0 Å². The zero-order chi connectivity index (χ0) is 16.1. The van der Waals surface area contributed by atoms with E-state index in [-0.39, 0.29) is 18.5 Å². The molecule has 0 aromatic heterocycles. The van der Waals surface area contributed by atoms with Crippen LogP contribution in [0.1, 0.15) is 37.8 Å². The lowest BCUT2D eigenvalue weighted by molar-refractivity contribution is -0.121. The molecule has 2 N–H and O–H groups in total. The molecular weight excluding hydrogens is 278 g/mol. The Hall–Kier alpha value is -1.88. The number of nitrogens with zero attached hydrogens (tertiary/aromatic N) is 1. The molecule has 1 aliphatic carbocycles. The van der Waals surface area contributed by atoms with Gasteiger partial charge < -0.3 is 5.32 Å². The monoisotopic (exact) mass is 303 g/mol. The predicted octanol–water partition coefficient (Wildman–Crippen LogP) is 2.19. The molecule has 1 fully saturated rings. The number of amides is 3. The summed E-state index contributed by atoms with van der Waals surface area (Å²) in [5, 5.41) is 5.05. The second-order valence-corrected chi connectivity index (χ2v) is 6.30. The number of carbonyl (C=O) groups excluding carboxylic acids is 2. The Bertz CT molecular complexity index is 521. The Morgan fingerprint density at radius 1 is 1.23 bits per heavy atom. The van der Waals surface area contributed by atoms with Crippen molar-refractivity contribution < 1.29 is 9.59 Å². The van der Waals surface area contributed by atoms with Gasteiger partial charge in [0.25, 0.3) is 0 Å². The van der Waals surface area contributed by atoms with E-state index in [1.165, 1.54) is 11.1 Å². The Kier molecular flexibility index (Phi) is 5.55. The molecule has 120 valence electrons. The van der Waals surface area contributed by atoms with Gasteiger partial charge in [0.2, 0.25) is 5.91 Å². The van der Waals surface area contributed by atoms with Gasteiger partial charge in [-0.25, -0.2) is 4.79 Å². The summed E-state index contributed by atoms with van der Waals surface area (Å²) in [4.78, 5) is 25.7. The molecule has 3 amide bonds. The minimum atomic E-state index is -0.425. The van der Waals surface area contributed by atoms with E-state index in [9.17, 15) is 9.59 Å². The van der Waals surface area contributed by atoms with Crippen LogP contribution in [0.3, 0.4) is 0 Å². The van der Waals surface area contributed by atoms with Crippen LogP contribution in [0.15, 0.2) is 24.3 Å². The van der Waals surface area contributed by atoms with Crippen LogP contribution in [0, 0.1) is 6.92 Å². The predicted molar refractivity (Wildman–Crippen MR) is 86.4 cm³/mol. The Morgan fingerprint density at radius 3 is 2.41 bits per heavy atom. The van der Waals surface area contributed by atoms with Crippen molar-refractivity contribution in [1.82, 2.24) is 15.5 Å². The summed E-state index contributed by atoms with van der Waals surface area (Å²) < 4.78 is 0. The van der Waals surface area contributed by atoms with Gasteiger partial charge >= 0.3 is 6.03 Å². The van der Waals surface area contributed by atoms with Crippen molar-refractivity contribution in [1.29, 1.82) is 0 Å². The number of carbonyl (C=O) groups is 2. The summed E-state index contributed by atoms with van der Waals surface area (Å²) in [6.07, 6.45) is 2.24. The lowest BCUT2D eigenvalue weighted by Gasteiger charge is -2.21. The van der Waals surface area contributed by atoms with Gasteiger partial charge in [0.1, 0.15) is 0 Å². The molecule has 0 heterocycles. The molecule has 1 saturated carbocycles. The van der Waals surface area contributed by atoms with Crippen molar-refractivity contribution in [3.8, 4) is 0 Å². The maximum absolute atomic E-state index is 12.0. The van der Waals surface area contributed by atoms with E-state index in [0.717, 1.165) is 19.4 Å². The summed E-state index contributed by atoms with van der Waals surface area (Å²) in [5.41, 5.74) is 2.42. The molecule has 0 radical (unpaired) electrons. The largest absolute Gasteiger partial charge is 0.336 e. The van der Waals surface area contributed by atoms with Crippen LogP contribution in [0.2, 0.25) is 0 Å². The van der Waals surface area contributed by atoms with Crippen LogP contribution in [0.5, 0.6) is 0 Å². The Balaban J connectivity index is 1.87. The average molecular weight is 303 g/mol. The molecule has 0 bridgehead atoms. The van der Waals surface area contributed by atoms with Crippen molar-refractivity contribution in [3.05, 3.63) is 35.4 Å². The van der Waals surface area contributed by atoms with Gasteiger partial charge in [0, 0.05) is 18.6 Å². The van der Waals surface area contributed by atoms with Crippen molar-refractivity contribution >= 4 is 11.9 Å². The molecule has 1 aliphatic rings. The Morgan fingerprint density at radius 2 is 1.86 bits per heavy atom. The minimum Gasteiger partial charge on any atom is -0.336 e. The van der Waals surface area contributed by atoms with Gasteiger partial charge in [0.05, 0.1) is 6.54 Å². The van der Waals surface area contributed by atoms with E-state index in [2.05, 4.69) is 46.7 Å². The van der Waals surface area contributed by atoms with E-state index < -0.39 is 6.03 Å². The van der Waals surface area contributed by atoms with E-state index in [0.29, 0.717) is 6.04 Å². The third-order valence-corrected chi connectivity index (χ3v) is 3.59. The van der Waals surface area contributed by atoms with E-state index in [4.69, 9.17) is 0 Å². The molecule has 0 unspecified atom stereocenters. The minimum absolute atomic E-state index is 0.0138. The second kappa shape index (κ2) is 7.40. The van der Waals surface area contributed by atoms with Gasteiger partial charge in [0.15, 0.2) is 0 Å². The zero-order valence-electron chi connectivity index (χ0n) is 13.6. The summed E-state index contributed by atoms with van der Waals surface area (Å²) in [6.45, 7) is 6.77. The van der Waals surface area contributed by atoms with Crippen LogP contribution in [-0.2, 0) is 11.3 Å². The first-order chi connectivity index (χ1) is 10.4. The lowest BCUT2D eigenvalue weighted by atomic mass is 10.1. The van der Waals surface area contributed by atoms with Crippen molar-refractivity contribution in [2.45, 2.75) is 52.2 Å². The molecule has 0 aliphatic heterocycles. The highest BCUT2D eigenvalue weighted by molar-refractivity contribution is 5.95.